The third kappa shape index (κ3) is 7.79. The molecule has 7 nitrogen and oxygen atoms in total. The van der Waals surface area contributed by atoms with Gasteiger partial charge in [0.25, 0.3) is 0 Å². The summed E-state index contributed by atoms with van der Waals surface area (Å²) in [5.41, 5.74) is 4.80. The Bertz CT molecular complexity index is 1560. The number of rotatable bonds is 11. The third-order valence-electron chi connectivity index (χ3n) is 6.81. The molecule has 0 radical (unpaired) electrons. The number of benzene rings is 4. The first-order chi connectivity index (χ1) is 20.2. The van der Waals surface area contributed by atoms with Gasteiger partial charge in [-0.05, 0) is 43.0 Å². The SMILES string of the molecule is Cc1cc(C)c(C(=O)OCC(=O)c2ccccc2C(=O)[C@H](Cc2ccccc2)NC(=O)OCc2ccccc2)c(C)c1. The second-order valence-corrected chi connectivity index (χ2v) is 10.1. The molecule has 0 aromatic heterocycles. The van der Waals surface area contributed by atoms with Gasteiger partial charge in [0.1, 0.15) is 6.61 Å². The Balaban J connectivity index is 1.51. The van der Waals surface area contributed by atoms with Gasteiger partial charge in [0.15, 0.2) is 12.4 Å². The van der Waals surface area contributed by atoms with Crippen LogP contribution in [0.5, 0.6) is 0 Å². The number of amides is 1. The van der Waals surface area contributed by atoms with E-state index in [2.05, 4.69) is 5.32 Å². The molecule has 0 heterocycles. The fraction of sp³-hybridized carbons (Fsp3) is 0.200. The molecule has 7 heteroatoms. The van der Waals surface area contributed by atoms with Crippen LogP contribution >= 0.6 is 0 Å². The Morgan fingerprint density at radius 3 is 1.86 bits per heavy atom. The van der Waals surface area contributed by atoms with Crippen molar-refractivity contribution in [3.63, 3.8) is 0 Å². The Kier molecular flexibility index (Phi) is 10.0. The Labute approximate surface area is 245 Å². The van der Waals surface area contributed by atoms with Gasteiger partial charge >= 0.3 is 12.1 Å². The quantitative estimate of drug-likeness (QED) is 0.168. The first-order valence-corrected chi connectivity index (χ1v) is 13.7. The summed E-state index contributed by atoms with van der Waals surface area (Å²) in [4.78, 5) is 52.7. The van der Waals surface area contributed by atoms with Crippen LogP contribution in [0, 0.1) is 20.8 Å². The monoisotopic (exact) mass is 563 g/mol. The van der Waals surface area contributed by atoms with Gasteiger partial charge in [0, 0.05) is 17.5 Å². The van der Waals surface area contributed by atoms with Gasteiger partial charge in [-0.2, -0.15) is 0 Å². The summed E-state index contributed by atoms with van der Waals surface area (Å²) < 4.78 is 10.8. The number of nitrogens with one attached hydrogen (secondary N) is 1. The van der Waals surface area contributed by atoms with Gasteiger partial charge in [0.2, 0.25) is 5.78 Å². The lowest BCUT2D eigenvalue weighted by Gasteiger charge is -2.19. The number of ketones is 2. The summed E-state index contributed by atoms with van der Waals surface area (Å²) in [5, 5.41) is 2.68. The Hall–Kier alpha value is -5.04. The van der Waals surface area contributed by atoms with Gasteiger partial charge in [-0.3, -0.25) is 9.59 Å². The molecule has 214 valence electrons. The van der Waals surface area contributed by atoms with E-state index in [-0.39, 0.29) is 24.2 Å². The van der Waals surface area contributed by atoms with Crippen molar-refractivity contribution < 1.29 is 28.7 Å². The highest BCUT2D eigenvalue weighted by Gasteiger charge is 2.27. The van der Waals surface area contributed by atoms with Crippen LogP contribution in [0.15, 0.2) is 97.1 Å². The molecule has 1 amide bonds. The zero-order valence-electron chi connectivity index (χ0n) is 23.9. The van der Waals surface area contributed by atoms with Crippen LogP contribution < -0.4 is 5.32 Å². The molecule has 4 rings (SSSR count). The topological polar surface area (TPSA) is 98.8 Å². The molecule has 1 atom stereocenters. The van der Waals surface area contributed by atoms with E-state index in [0.29, 0.717) is 5.56 Å². The molecule has 0 unspecified atom stereocenters. The van der Waals surface area contributed by atoms with Gasteiger partial charge in [-0.25, -0.2) is 9.59 Å². The smallest absolute Gasteiger partial charge is 0.408 e. The molecule has 0 aliphatic heterocycles. The van der Waals surface area contributed by atoms with Crippen molar-refractivity contribution in [2.45, 2.75) is 39.8 Å². The van der Waals surface area contributed by atoms with Crippen molar-refractivity contribution in [3.8, 4) is 0 Å². The van der Waals surface area contributed by atoms with Crippen LogP contribution in [0.2, 0.25) is 0 Å². The molecule has 4 aromatic carbocycles. The second kappa shape index (κ2) is 14.0. The molecular formula is C35H33NO6. The molecular weight excluding hydrogens is 530 g/mol. The van der Waals surface area contributed by atoms with Crippen molar-refractivity contribution in [1.82, 2.24) is 5.32 Å². The number of aryl methyl sites for hydroxylation is 3. The van der Waals surface area contributed by atoms with E-state index in [1.807, 2.05) is 93.6 Å². The summed E-state index contributed by atoms with van der Waals surface area (Å²) in [6.07, 6.45) is -0.571. The number of carbonyl (C=O) groups is 4. The summed E-state index contributed by atoms with van der Waals surface area (Å²) >= 11 is 0. The average Bonchev–Trinajstić information content (AvgIpc) is 2.98. The van der Waals surface area contributed by atoms with Gasteiger partial charge in [0.05, 0.1) is 11.6 Å². The van der Waals surface area contributed by atoms with Crippen LogP contribution in [-0.4, -0.2) is 36.3 Å². The zero-order chi connectivity index (χ0) is 30.1. The maximum absolute atomic E-state index is 13.8. The maximum atomic E-state index is 13.8. The summed E-state index contributed by atoms with van der Waals surface area (Å²) in [6.45, 7) is 5.08. The lowest BCUT2D eigenvalue weighted by Crippen LogP contribution is -2.43. The van der Waals surface area contributed by atoms with Crippen molar-refractivity contribution in [2.24, 2.45) is 0 Å². The van der Waals surface area contributed by atoms with Crippen LogP contribution in [0.4, 0.5) is 4.79 Å². The minimum absolute atomic E-state index is 0.0410. The lowest BCUT2D eigenvalue weighted by atomic mass is 9.93. The number of carbonyl (C=O) groups excluding carboxylic acids is 4. The highest BCUT2D eigenvalue weighted by molar-refractivity contribution is 6.12. The number of hydrogen-bond donors (Lipinski definition) is 1. The molecule has 0 spiro atoms. The van der Waals surface area contributed by atoms with Crippen LogP contribution in [-0.2, 0) is 22.5 Å². The van der Waals surface area contributed by atoms with Crippen LogP contribution in [0.3, 0.4) is 0 Å². The third-order valence-corrected chi connectivity index (χ3v) is 6.81. The molecule has 0 bridgehead atoms. The molecule has 0 saturated heterocycles. The number of ether oxygens (including phenoxy) is 2. The first kappa shape index (κ1) is 29.9. The summed E-state index contributed by atoms with van der Waals surface area (Å²) in [6, 6.07) is 27.5. The fourth-order valence-corrected chi connectivity index (χ4v) is 4.88. The van der Waals surface area contributed by atoms with Gasteiger partial charge in [-0.1, -0.05) is 103 Å². The van der Waals surface area contributed by atoms with Crippen LogP contribution in [0.25, 0.3) is 0 Å². The highest BCUT2D eigenvalue weighted by atomic mass is 16.5. The molecule has 0 saturated carbocycles. The second-order valence-electron chi connectivity index (χ2n) is 10.1. The molecule has 0 fully saturated rings. The fourth-order valence-electron chi connectivity index (χ4n) is 4.88. The minimum atomic E-state index is -1.01. The van der Waals surface area contributed by atoms with Crippen molar-refractivity contribution in [3.05, 3.63) is 142 Å². The number of esters is 1. The minimum Gasteiger partial charge on any atom is -0.454 e. The lowest BCUT2D eigenvalue weighted by molar-refractivity contribution is 0.0473. The van der Waals surface area contributed by atoms with Gasteiger partial charge < -0.3 is 14.8 Å². The zero-order valence-corrected chi connectivity index (χ0v) is 23.9. The van der Waals surface area contributed by atoms with Crippen molar-refractivity contribution in [2.75, 3.05) is 6.61 Å². The number of Topliss-reactive ketones (excluding diaryl/α,β-unsaturated/α-hetero) is 2. The van der Waals surface area contributed by atoms with E-state index in [0.717, 1.165) is 27.8 Å². The van der Waals surface area contributed by atoms with Crippen molar-refractivity contribution >= 4 is 23.6 Å². The van der Waals surface area contributed by atoms with Crippen molar-refractivity contribution in [1.29, 1.82) is 0 Å². The maximum Gasteiger partial charge on any atom is 0.408 e. The molecule has 4 aromatic rings. The number of hydrogen-bond acceptors (Lipinski definition) is 6. The largest absolute Gasteiger partial charge is 0.454 e. The summed E-state index contributed by atoms with van der Waals surface area (Å²) in [5.74, 6) is -1.59. The normalized spacial score (nSPS) is 11.3. The molecule has 0 aliphatic carbocycles. The van der Waals surface area contributed by atoms with Gasteiger partial charge in [-0.15, -0.1) is 0 Å². The van der Waals surface area contributed by atoms with E-state index < -0.39 is 36.3 Å². The predicted molar refractivity (Wildman–Crippen MR) is 160 cm³/mol. The van der Waals surface area contributed by atoms with E-state index in [1.165, 1.54) is 12.1 Å². The highest BCUT2D eigenvalue weighted by Crippen LogP contribution is 2.19. The predicted octanol–water partition coefficient (Wildman–Crippen LogP) is 6.37. The first-order valence-electron chi connectivity index (χ1n) is 13.7. The summed E-state index contributed by atoms with van der Waals surface area (Å²) in [7, 11) is 0. The van der Waals surface area contributed by atoms with Crippen LogP contribution in [0.1, 0.15) is 58.9 Å². The molecule has 42 heavy (non-hydrogen) atoms. The Morgan fingerprint density at radius 2 is 1.24 bits per heavy atom. The van der Waals surface area contributed by atoms with E-state index >= 15 is 0 Å². The molecule has 1 N–H and O–H groups in total. The van der Waals surface area contributed by atoms with E-state index in [4.69, 9.17) is 9.47 Å². The number of alkyl carbamates (subject to hydrolysis) is 1. The average molecular weight is 564 g/mol. The van der Waals surface area contributed by atoms with E-state index in [9.17, 15) is 19.2 Å². The Morgan fingerprint density at radius 1 is 0.690 bits per heavy atom. The molecule has 0 aliphatic rings. The standard InChI is InChI=1S/C35H33NO6/c1-23-18-24(2)32(25(3)19-23)34(39)41-22-31(37)28-16-10-11-17-29(28)33(38)30(20-26-12-6-4-7-13-26)36-35(40)42-21-27-14-8-5-9-15-27/h4-19,30H,20-22H2,1-3H3,(H,36,40)/t30-/m0/s1. The van der Waals surface area contributed by atoms with E-state index in [1.54, 1.807) is 12.1 Å².